The van der Waals surface area contributed by atoms with E-state index in [1.807, 2.05) is 13.8 Å². The summed E-state index contributed by atoms with van der Waals surface area (Å²) in [4.78, 5) is 40.7. The Labute approximate surface area is 189 Å². The van der Waals surface area contributed by atoms with Gasteiger partial charge in [0.25, 0.3) is 11.8 Å². The molecule has 0 saturated carbocycles. The van der Waals surface area contributed by atoms with Crippen molar-refractivity contribution < 1.29 is 23.5 Å². The molecular weight excluding hydrogens is 434 g/mol. The number of amides is 2. The lowest BCUT2D eigenvalue weighted by Crippen LogP contribution is -2.44. The number of nitrogens with one attached hydrogen (secondary N) is 2. The zero-order valence-electron chi connectivity index (χ0n) is 18.5. The first-order valence-electron chi connectivity index (χ1n) is 11.0. The Hall–Kier alpha value is -3.27. The first-order valence-corrected chi connectivity index (χ1v) is 11.0. The van der Waals surface area contributed by atoms with Crippen molar-refractivity contribution in [2.75, 3.05) is 19.6 Å². The molecule has 176 valence electrons. The fraction of sp³-hybridized carbons (Fsp3) is 0.435. The zero-order valence-corrected chi connectivity index (χ0v) is 18.5. The third-order valence-corrected chi connectivity index (χ3v) is 6.25. The van der Waals surface area contributed by atoms with Crippen LogP contribution in [0, 0.1) is 11.6 Å². The second-order valence-corrected chi connectivity index (χ2v) is 8.32. The molecule has 2 aliphatic heterocycles. The van der Waals surface area contributed by atoms with Crippen molar-refractivity contribution in [3.8, 4) is 5.75 Å². The molecule has 3 heterocycles. The molecule has 0 saturated heterocycles. The zero-order chi connectivity index (χ0) is 23.9. The van der Waals surface area contributed by atoms with E-state index in [0.29, 0.717) is 37.8 Å². The molecule has 0 bridgehead atoms. The van der Waals surface area contributed by atoms with Gasteiger partial charge in [-0.1, -0.05) is 13.0 Å². The summed E-state index contributed by atoms with van der Waals surface area (Å²) < 4.78 is 28.8. The van der Waals surface area contributed by atoms with Crippen LogP contribution in [0.3, 0.4) is 0 Å². The summed E-state index contributed by atoms with van der Waals surface area (Å²) in [6, 6.07) is 2.43. The Balaban J connectivity index is 1.77. The molecule has 2 atom stereocenters. The highest BCUT2D eigenvalue weighted by Crippen LogP contribution is 2.42. The maximum atomic E-state index is 14.0. The molecule has 33 heavy (non-hydrogen) atoms. The van der Waals surface area contributed by atoms with Crippen molar-refractivity contribution in [3.05, 3.63) is 62.6 Å². The molecule has 2 amide bonds. The van der Waals surface area contributed by atoms with Gasteiger partial charge in [0.2, 0.25) is 5.43 Å². The quantitative estimate of drug-likeness (QED) is 0.588. The number of aromatic hydroxyl groups is 1. The average molecular weight is 460 g/mol. The van der Waals surface area contributed by atoms with E-state index < -0.39 is 34.6 Å². The topological polar surface area (TPSA) is 104 Å². The first kappa shape index (κ1) is 22.9. The summed E-state index contributed by atoms with van der Waals surface area (Å²) in [6.07, 6.45) is 1.37. The van der Waals surface area contributed by atoms with Crippen LogP contribution in [0.15, 0.2) is 23.0 Å². The summed E-state index contributed by atoms with van der Waals surface area (Å²) >= 11 is 0. The van der Waals surface area contributed by atoms with E-state index in [9.17, 15) is 28.3 Å². The fourth-order valence-corrected chi connectivity index (χ4v) is 4.68. The van der Waals surface area contributed by atoms with Crippen molar-refractivity contribution in [2.24, 2.45) is 0 Å². The summed E-state index contributed by atoms with van der Waals surface area (Å²) in [7, 11) is 0. The molecule has 1 aromatic heterocycles. The number of carbonyl (C=O) groups excluding carboxylic acids is 2. The van der Waals surface area contributed by atoms with Crippen molar-refractivity contribution in [1.82, 2.24) is 20.1 Å². The second kappa shape index (κ2) is 8.93. The summed E-state index contributed by atoms with van der Waals surface area (Å²) in [5.74, 6) is -3.58. The lowest BCUT2D eigenvalue weighted by molar-refractivity contribution is 0.0675. The van der Waals surface area contributed by atoms with Crippen molar-refractivity contribution in [2.45, 2.75) is 45.3 Å². The van der Waals surface area contributed by atoms with Crippen LogP contribution < -0.4 is 16.1 Å². The van der Waals surface area contributed by atoms with E-state index in [2.05, 4.69) is 10.6 Å². The fourth-order valence-electron chi connectivity index (χ4n) is 4.68. The number of pyridine rings is 1. The molecule has 2 aromatic rings. The number of halogens is 2. The molecule has 0 spiro atoms. The molecule has 4 rings (SSSR count). The minimum absolute atomic E-state index is 0.0516. The molecule has 0 aliphatic carbocycles. The van der Waals surface area contributed by atoms with E-state index >= 15 is 0 Å². The SMILES string of the molecule is CCCN[C@H]1C[C@@H]2CN(CC)C(=O)c3c(O)c(=O)c(C(=O)NCc4ccc(F)cc4F)c1n32. The van der Waals surface area contributed by atoms with Gasteiger partial charge in [-0.3, -0.25) is 14.4 Å². The van der Waals surface area contributed by atoms with E-state index in [4.69, 9.17) is 0 Å². The number of hydrogen-bond donors (Lipinski definition) is 3. The maximum absolute atomic E-state index is 14.0. The predicted molar refractivity (Wildman–Crippen MR) is 116 cm³/mol. The predicted octanol–water partition coefficient (Wildman–Crippen LogP) is 2.22. The normalized spacial score (nSPS) is 19.0. The highest BCUT2D eigenvalue weighted by Gasteiger charge is 2.44. The molecule has 10 heteroatoms. The van der Waals surface area contributed by atoms with Crippen molar-refractivity contribution in [1.29, 1.82) is 0 Å². The molecule has 8 nitrogen and oxygen atoms in total. The molecule has 0 unspecified atom stereocenters. The van der Waals surface area contributed by atoms with E-state index in [1.165, 1.54) is 6.07 Å². The number of benzene rings is 1. The van der Waals surface area contributed by atoms with Crippen molar-refractivity contribution in [3.63, 3.8) is 0 Å². The van der Waals surface area contributed by atoms with Gasteiger partial charge >= 0.3 is 0 Å². The molecule has 1 aromatic carbocycles. The van der Waals surface area contributed by atoms with Crippen LogP contribution in [-0.2, 0) is 6.54 Å². The Morgan fingerprint density at radius 2 is 2.00 bits per heavy atom. The number of likely N-dealkylation sites (N-methyl/N-ethyl adjacent to an activating group) is 1. The molecule has 3 N–H and O–H groups in total. The van der Waals surface area contributed by atoms with Crippen molar-refractivity contribution >= 4 is 11.8 Å². The third-order valence-electron chi connectivity index (χ3n) is 6.25. The summed E-state index contributed by atoms with van der Waals surface area (Å²) in [5, 5.41) is 16.5. The van der Waals surface area contributed by atoms with Gasteiger partial charge in [-0.25, -0.2) is 8.78 Å². The van der Waals surface area contributed by atoms with Gasteiger partial charge < -0.3 is 25.2 Å². The van der Waals surface area contributed by atoms with Crippen LogP contribution in [0.1, 0.15) is 70.9 Å². The number of nitrogens with zero attached hydrogens (tertiary/aromatic N) is 2. The first-order chi connectivity index (χ1) is 15.8. The Morgan fingerprint density at radius 1 is 1.24 bits per heavy atom. The Bertz CT molecular complexity index is 1180. The van der Waals surface area contributed by atoms with Crippen LogP contribution in [-0.4, -0.2) is 46.0 Å². The lowest BCUT2D eigenvalue weighted by Gasteiger charge is -2.33. The summed E-state index contributed by atoms with van der Waals surface area (Å²) in [6.45, 7) is 5.00. The largest absolute Gasteiger partial charge is 0.503 e. The lowest BCUT2D eigenvalue weighted by atomic mass is 10.0. The van der Waals surface area contributed by atoms with Crippen LogP contribution in [0.5, 0.6) is 5.75 Å². The smallest absolute Gasteiger partial charge is 0.274 e. The van der Waals surface area contributed by atoms with Gasteiger partial charge in [-0.05, 0) is 32.4 Å². The standard InChI is InChI=1S/C23H26F2N4O4/c1-3-7-26-16-9-14-11-28(4-2)23(33)19-21(31)20(30)17(18(16)29(14)19)22(32)27-10-12-5-6-13(24)8-15(12)25/h5-6,8,14,16,26,31H,3-4,7,9-11H2,1-2H3,(H,27,32)/t14-,16+/m1/s1. The molecule has 0 fully saturated rings. The molecule has 2 aliphatic rings. The van der Waals surface area contributed by atoms with Gasteiger partial charge in [0, 0.05) is 31.3 Å². The highest BCUT2D eigenvalue weighted by molar-refractivity contribution is 6.00. The second-order valence-electron chi connectivity index (χ2n) is 8.32. The number of carbonyl (C=O) groups is 2. The molecule has 0 radical (unpaired) electrons. The minimum Gasteiger partial charge on any atom is -0.503 e. The van der Waals surface area contributed by atoms with Crippen LogP contribution in [0.4, 0.5) is 8.78 Å². The Morgan fingerprint density at radius 3 is 2.67 bits per heavy atom. The highest BCUT2D eigenvalue weighted by atomic mass is 19.1. The average Bonchev–Trinajstić information content (AvgIpc) is 3.13. The number of rotatable bonds is 7. The van der Waals surface area contributed by atoms with Gasteiger partial charge in [0.1, 0.15) is 17.2 Å². The van der Waals surface area contributed by atoms with Crippen LogP contribution >= 0.6 is 0 Å². The number of hydrogen-bond acceptors (Lipinski definition) is 5. The van der Waals surface area contributed by atoms with Gasteiger partial charge in [0.15, 0.2) is 11.4 Å². The van der Waals surface area contributed by atoms with E-state index in [0.717, 1.165) is 12.5 Å². The monoisotopic (exact) mass is 460 g/mol. The van der Waals surface area contributed by atoms with Crippen LogP contribution in [0.25, 0.3) is 0 Å². The van der Waals surface area contributed by atoms with E-state index in [-0.39, 0.29) is 35.4 Å². The van der Waals surface area contributed by atoms with Gasteiger partial charge in [0.05, 0.1) is 17.8 Å². The minimum atomic E-state index is -0.941. The third kappa shape index (κ3) is 3.88. The van der Waals surface area contributed by atoms with Gasteiger partial charge in [-0.15, -0.1) is 0 Å². The Kier molecular flexibility index (Phi) is 6.20. The molecular formula is C23H26F2N4O4. The number of aromatic nitrogens is 1. The maximum Gasteiger partial charge on any atom is 0.274 e. The summed E-state index contributed by atoms with van der Waals surface area (Å²) in [5.41, 5.74) is -0.908. The van der Waals surface area contributed by atoms with E-state index in [1.54, 1.807) is 9.47 Å². The van der Waals surface area contributed by atoms with Gasteiger partial charge in [-0.2, -0.15) is 0 Å². The van der Waals surface area contributed by atoms with Crippen LogP contribution in [0.2, 0.25) is 0 Å².